The number of H-pyrrole nitrogens is 1. The van der Waals surface area contributed by atoms with E-state index in [4.69, 9.17) is 5.11 Å². The predicted octanol–water partition coefficient (Wildman–Crippen LogP) is -1.32. The molecule has 0 spiro atoms. The number of aliphatic carboxylic acids is 1. The Morgan fingerprint density at radius 3 is 2.74 bits per heavy atom. The van der Waals surface area contributed by atoms with Crippen LogP contribution in [0.25, 0.3) is 0 Å². The van der Waals surface area contributed by atoms with Gasteiger partial charge in [-0.3, -0.25) is 19.5 Å². The summed E-state index contributed by atoms with van der Waals surface area (Å²) in [7, 11) is 0. The van der Waals surface area contributed by atoms with Gasteiger partial charge in [0.15, 0.2) is 0 Å². The Bertz CT molecular complexity index is 601. The maximum Gasteiger partial charge on any atom is 0.326 e. The molecule has 0 aromatic carbocycles. The molecule has 1 heterocycles. The number of amides is 1. The molecule has 0 radical (unpaired) electrons. The minimum Gasteiger partial charge on any atom is -0.480 e. The quantitative estimate of drug-likeness (QED) is 0.552. The van der Waals surface area contributed by atoms with E-state index in [9.17, 15) is 19.2 Å². The van der Waals surface area contributed by atoms with Gasteiger partial charge in [-0.2, -0.15) is 0 Å². The van der Waals surface area contributed by atoms with Crippen molar-refractivity contribution in [2.24, 2.45) is 0 Å². The van der Waals surface area contributed by atoms with Crippen LogP contribution in [0.4, 0.5) is 0 Å². The molecule has 1 aromatic rings. The maximum absolute atomic E-state index is 11.6. The van der Waals surface area contributed by atoms with Crippen molar-refractivity contribution in [2.75, 3.05) is 0 Å². The molecule has 0 saturated carbocycles. The van der Waals surface area contributed by atoms with Gasteiger partial charge in [0.1, 0.15) is 12.6 Å². The van der Waals surface area contributed by atoms with E-state index in [2.05, 4.69) is 17.0 Å². The van der Waals surface area contributed by atoms with Crippen LogP contribution in [-0.2, 0) is 16.1 Å². The predicted molar refractivity (Wildman–Crippen MR) is 65.7 cm³/mol. The smallest absolute Gasteiger partial charge is 0.326 e. The van der Waals surface area contributed by atoms with Crippen LogP contribution in [0.5, 0.6) is 0 Å². The van der Waals surface area contributed by atoms with E-state index >= 15 is 0 Å². The topological polar surface area (TPSA) is 121 Å². The third-order valence-corrected chi connectivity index (χ3v) is 2.23. The lowest BCUT2D eigenvalue weighted by Crippen LogP contribution is -2.44. The molecule has 0 aliphatic carbocycles. The van der Waals surface area contributed by atoms with Crippen LogP contribution in [0.2, 0.25) is 0 Å². The van der Waals surface area contributed by atoms with Crippen LogP contribution >= 0.6 is 0 Å². The van der Waals surface area contributed by atoms with E-state index in [-0.39, 0.29) is 6.42 Å². The summed E-state index contributed by atoms with van der Waals surface area (Å²) < 4.78 is 0.796. The molecule has 102 valence electrons. The normalized spacial score (nSPS) is 11.6. The van der Waals surface area contributed by atoms with Gasteiger partial charge in [-0.15, -0.1) is 6.58 Å². The van der Waals surface area contributed by atoms with Crippen LogP contribution < -0.4 is 16.4 Å². The monoisotopic (exact) mass is 267 g/mol. The van der Waals surface area contributed by atoms with Gasteiger partial charge in [-0.25, -0.2) is 9.48 Å². The fraction of sp³-hybridized carbons (Fsp3) is 0.273. The molecule has 1 amide bonds. The molecule has 1 aromatic heterocycles. The number of carboxylic acid groups (broad SMARTS) is 1. The molecule has 0 aliphatic heterocycles. The van der Waals surface area contributed by atoms with E-state index in [1.54, 1.807) is 0 Å². The SMILES string of the molecule is C=CCC(NC(=O)Cn1[nH]c(=O)ccc1=O)C(=O)O. The van der Waals surface area contributed by atoms with Crippen LogP contribution in [0, 0.1) is 0 Å². The minimum atomic E-state index is -1.21. The fourth-order valence-corrected chi connectivity index (χ4v) is 1.35. The lowest BCUT2D eigenvalue weighted by atomic mass is 10.2. The zero-order chi connectivity index (χ0) is 14.4. The van der Waals surface area contributed by atoms with Gasteiger partial charge in [0.25, 0.3) is 11.1 Å². The molecular weight excluding hydrogens is 254 g/mol. The molecule has 0 saturated heterocycles. The number of carbonyl (C=O) groups is 2. The molecule has 8 heteroatoms. The Hall–Kier alpha value is -2.64. The summed E-state index contributed by atoms with van der Waals surface area (Å²) in [6.45, 7) is 2.92. The van der Waals surface area contributed by atoms with Crippen LogP contribution in [0.15, 0.2) is 34.4 Å². The highest BCUT2D eigenvalue weighted by Crippen LogP contribution is 1.93. The van der Waals surface area contributed by atoms with Crippen LogP contribution in [0.1, 0.15) is 6.42 Å². The summed E-state index contributed by atoms with van der Waals surface area (Å²) >= 11 is 0. The molecule has 3 N–H and O–H groups in total. The number of hydrogen-bond donors (Lipinski definition) is 3. The summed E-state index contributed by atoms with van der Waals surface area (Å²) in [5, 5.41) is 13.2. The Labute approximate surface area is 107 Å². The number of aromatic amines is 1. The Balaban J connectivity index is 2.77. The van der Waals surface area contributed by atoms with Crippen molar-refractivity contribution in [3.8, 4) is 0 Å². The Morgan fingerprint density at radius 1 is 1.47 bits per heavy atom. The van der Waals surface area contributed by atoms with E-state index in [1.807, 2.05) is 0 Å². The summed E-state index contributed by atoms with van der Waals surface area (Å²) in [5.41, 5.74) is -1.10. The van der Waals surface area contributed by atoms with Crippen LogP contribution in [0.3, 0.4) is 0 Å². The number of nitrogens with zero attached hydrogens (tertiary/aromatic N) is 1. The van der Waals surface area contributed by atoms with Crippen molar-refractivity contribution in [3.05, 3.63) is 45.5 Å². The molecular formula is C11H13N3O5. The number of carboxylic acids is 1. The second kappa shape index (κ2) is 6.34. The van der Waals surface area contributed by atoms with Gasteiger partial charge in [-0.1, -0.05) is 6.08 Å². The summed E-state index contributed by atoms with van der Waals surface area (Å²) in [4.78, 5) is 44.7. The van der Waals surface area contributed by atoms with Crippen molar-refractivity contribution >= 4 is 11.9 Å². The van der Waals surface area contributed by atoms with Crippen molar-refractivity contribution in [1.82, 2.24) is 15.1 Å². The number of carbonyl (C=O) groups excluding carboxylic acids is 1. The third kappa shape index (κ3) is 4.26. The average Bonchev–Trinajstić information content (AvgIpc) is 2.33. The largest absolute Gasteiger partial charge is 0.480 e. The summed E-state index contributed by atoms with van der Waals surface area (Å²) in [6, 6.07) is 0.940. The molecule has 19 heavy (non-hydrogen) atoms. The lowest BCUT2D eigenvalue weighted by molar-refractivity contribution is -0.141. The first-order chi connectivity index (χ1) is 8.93. The van der Waals surface area contributed by atoms with Crippen LogP contribution in [-0.4, -0.2) is 32.8 Å². The van der Waals surface area contributed by atoms with Gasteiger partial charge in [0, 0.05) is 12.1 Å². The highest BCUT2D eigenvalue weighted by atomic mass is 16.4. The Morgan fingerprint density at radius 2 is 2.16 bits per heavy atom. The van der Waals surface area contributed by atoms with Crippen molar-refractivity contribution in [1.29, 1.82) is 0 Å². The van der Waals surface area contributed by atoms with Crippen molar-refractivity contribution in [3.63, 3.8) is 0 Å². The third-order valence-electron chi connectivity index (χ3n) is 2.23. The standard InChI is InChI=1S/C11H13N3O5/c1-2-3-7(11(18)19)12-9(16)6-14-10(17)5-4-8(15)13-14/h2,4-5,7H,1,3,6H2,(H,12,16)(H,13,15)(H,18,19). The Kier molecular flexibility index (Phi) is 4.81. The zero-order valence-electron chi connectivity index (χ0n) is 9.96. The molecule has 0 aliphatic rings. The first-order valence-corrected chi connectivity index (χ1v) is 5.37. The molecule has 1 unspecified atom stereocenters. The van der Waals surface area contributed by atoms with Gasteiger partial charge in [0.05, 0.1) is 0 Å². The van der Waals surface area contributed by atoms with Gasteiger partial charge in [0.2, 0.25) is 5.91 Å². The minimum absolute atomic E-state index is 0.0568. The number of nitrogens with one attached hydrogen (secondary N) is 2. The molecule has 1 atom stereocenters. The summed E-state index contributed by atoms with van der Waals surface area (Å²) in [6.07, 6.45) is 1.41. The van der Waals surface area contributed by atoms with Gasteiger partial charge < -0.3 is 10.4 Å². The molecule has 8 nitrogen and oxygen atoms in total. The molecule has 0 fully saturated rings. The van der Waals surface area contributed by atoms with E-state index in [1.165, 1.54) is 6.08 Å². The first-order valence-electron chi connectivity index (χ1n) is 5.37. The van der Waals surface area contributed by atoms with E-state index in [0.29, 0.717) is 0 Å². The second-order valence-electron chi connectivity index (χ2n) is 3.72. The number of aromatic nitrogens is 2. The zero-order valence-corrected chi connectivity index (χ0v) is 9.96. The average molecular weight is 267 g/mol. The fourth-order valence-electron chi connectivity index (χ4n) is 1.35. The van der Waals surface area contributed by atoms with E-state index < -0.39 is 35.6 Å². The molecule has 1 rings (SSSR count). The second-order valence-corrected chi connectivity index (χ2v) is 3.72. The maximum atomic E-state index is 11.6. The highest BCUT2D eigenvalue weighted by Gasteiger charge is 2.18. The number of rotatable bonds is 6. The van der Waals surface area contributed by atoms with Crippen molar-refractivity contribution in [2.45, 2.75) is 19.0 Å². The van der Waals surface area contributed by atoms with Gasteiger partial charge in [-0.05, 0) is 6.42 Å². The first kappa shape index (κ1) is 14.4. The molecule has 0 bridgehead atoms. The van der Waals surface area contributed by atoms with E-state index in [0.717, 1.165) is 16.8 Å². The highest BCUT2D eigenvalue weighted by molar-refractivity contribution is 5.83. The van der Waals surface area contributed by atoms with Gasteiger partial charge >= 0.3 is 5.97 Å². The summed E-state index contributed by atoms with van der Waals surface area (Å²) in [5.74, 6) is -1.90. The lowest BCUT2D eigenvalue weighted by Gasteiger charge is -2.12. The van der Waals surface area contributed by atoms with Crippen molar-refractivity contribution < 1.29 is 14.7 Å². The number of hydrogen-bond acceptors (Lipinski definition) is 4.